The van der Waals surface area contributed by atoms with Crippen molar-refractivity contribution in [2.45, 2.75) is 24.1 Å². The van der Waals surface area contributed by atoms with Crippen LogP contribution in [0.5, 0.6) is 5.75 Å². The Labute approximate surface area is 212 Å². The van der Waals surface area contributed by atoms with Crippen LogP contribution in [0.2, 0.25) is 0 Å². The van der Waals surface area contributed by atoms with E-state index in [1.165, 1.54) is 17.8 Å². The number of hydrogen-bond donors (Lipinski definition) is 1. The monoisotopic (exact) mass is 502 g/mol. The van der Waals surface area contributed by atoms with Crippen molar-refractivity contribution in [3.05, 3.63) is 95.8 Å². The summed E-state index contributed by atoms with van der Waals surface area (Å²) in [6, 6.07) is 22.6. The predicted octanol–water partition coefficient (Wildman–Crippen LogP) is 5.01. The van der Waals surface area contributed by atoms with E-state index < -0.39 is 17.2 Å². The van der Waals surface area contributed by atoms with Crippen LogP contribution in [0, 0.1) is 5.82 Å². The fraction of sp³-hybridized carbons (Fsp3) is 0.185. The van der Waals surface area contributed by atoms with Crippen LogP contribution in [0.3, 0.4) is 0 Å². The first-order valence-electron chi connectivity index (χ1n) is 11.4. The van der Waals surface area contributed by atoms with E-state index in [0.29, 0.717) is 22.8 Å². The van der Waals surface area contributed by atoms with E-state index in [2.05, 4.69) is 10.3 Å². The molecular weight excluding hydrogens is 479 g/mol. The van der Waals surface area contributed by atoms with E-state index >= 15 is 0 Å². The summed E-state index contributed by atoms with van der Waals surface area (Å²) in [4.78, 5) is 29.5. The Morgan fingerprint density at radius 1 is 1.08 bits per heavy atom. The standard InChI is InChI=1S/C27H23FN4O3S/c1-35-19-13-11-17(12-14-19)22-15-23(20-9-5-6-10-21(20)28)32(31-22)27-30-26(34)24(36-27)16-25(33)29-18-7-3-2-4-8-18/h2-14,23-24H,15-16H2,1H3,(H,29,33). The van der Waals surface area contributed by atoms with E-state index in [9.17, 15) is 14.0 Å². The topological polar surface area (TPSA) is 83.4 Å². The minimum absolute atomic E-state index is 0.0291. The zero-order chi connectivity index (χ0) is 25.1. The number of ether oxygens (including phenoxy) is 1. The number of carbonyl (C=O) groups excluding carboxylic acids is 2. The van der Waals surface area contributed by atoms with Gasteiger partial charge >= 0.3 is 0 Å². The molecule has 2 aliphatic rings. The highest BCUT2D eigenvalue weighted by atomic mass is 32.2. The number of nitrogens with zero attached hydrogens (tertiary/aromatic N) is 3. The van der Waals surface area contributed by atoms with Crippen molar-refractivity contribution >= 4 is 40.1 Å². The highest BCUT2D eigenvalue weighted by Gasteiger charge is 2.39. The Hall–Kier alpha value is -3.98. The SMILES string of the molecule is COc1ccc(C2=NN(C3=NC(=O)C(CC(=O)Nc4ccccc4)S3)C(c3ccccc3F)C2)cc1. The summed E-state index contributed by atoms with van der Waals surface area (Å²) in [6.45, 7) is 0. The lowest BCUT2D eigenvalue weighted by atomic mass is 9.98. The molecule has 0 saturated heterocycles. The summed E-state index contributed by atoms with van der Waals surface area (Å²) in [5.41, 5.74) is 2.73. The van der Waals surface area contributed by atoms with Crippen molar-refractivity contribution in [2.24, 2.45) is 10.1 Å². The van der Waals surface area contributed by atoms with Gasteiger partial charge in [-0.05, 0) is 48.0 Å². The zero-order valence-electron chi connectivity index (χ0n) is 19.4. The largest absolute Gasteiger partial charge is 0.497 e. The molecule has 0 spiro atoms. The Bertz CT molecular complexity index is 1340. The van der Waals surface area contributed by atoms with E-state index in [0.717, 1.165) is 17.0 Å². The van der Waals surface area contributed by atoms with Gasteiger partial charge < -0.3 is 10.1 Å². The second kappa shape index (κ2) is 10.3. The maximum Gasteiger partial charge on any atom is 0.262 e. The first-order chi connectivity index (χ1) is 17.5. The zero-order valence-corrected chi connectivity index (χ0v) is 20.2. The molecule has 0 fully saturated rings. The van der Waals surface area contributed by atoms with Gasteiger partial charge in [0.05, 0.1) is 18.9 Å². The molecule has 0 aromatic heterocycles. The number of halogens is 1. The smallest absolute Gasteiger partial charge is 0.262 e. The van der Waals surface area contributed by atoms with Gasteiger partial charge in [0.25, 0.3) is 5.91 Å². The van der Waals surface area contributed by atoms with Crippen LogP contribution in [0.15, 0.2) is 89.0 Å². The molecule has 3 aromatic carbocycles. The number of hydrogen-bond acceptors (Lipinski definition) is 6. The molecule has 2 aliphatic heterocycles. The summed E-state index contributed by atoms with van der Waals surface area (Å²) in [7, 11) is 1.60. The lowest BCUT2D eigenvalue weighted by molar-refractivity contribution is -0.121. The van der Waals surface area contributed by atoms with Gasteiger partial charge in [0.1, 0.15) is 16.8 Å². The van der Waals surface area contributed by atoms with E-state index in [-0.39, 0.29) is 18.1 Å². The summed E-state index contributed by atoms with van der Waals surface area (Å²) in [5, 5.41) is 8.83. The van der Waals surface area contributed by atoms with Crippen molar-refractivity contribution in [1.82, 2.24) is 5.01 Å². The average molecular weight is 503 g/mol. The molecule has 2 amide bonds. The highest BCUT2D eigenvalue weighted by molar-refractivity contribution is 8.15. The average Bonchev–Trinajstić information content (AvgIpc) is 3.49. The third-order valence-corrected chi connectivity index (χ3v) is 7.09. The molecule has 2 unspecified atom stereocenters. The van der Waals surface area contributed by atoms with Gasteiger partial charge in [-0.15, -0.1) is 0 Å². The van der Waals surface area contributed by atoms with Gasteiger partial charge in [0.15, 0.2) is 5.17 Å². The number of anilines is 1. The number of benzene rings is 3. The lowest BCUT2D eigenvalue weighted by Gasteiger charge is -2.23. The van der Waals surface area contributed by atoms with Gasteiger partial charge in [0.2, 0.25) is 5.91 Å². The molecule has 3 aromatic rings. The number of amidine groups is 1. The lowest BCUT2D eigenvalue weighted by Crippen LogP contribution is -2.25. The van der Waals surface area contributed by atoms with Crippen LogP contribution >= 0.6 is 11.8 Å². The van der Waals surface area contributed by atoms with Crippen molar-refractivity contribution in [1.29, 1.82) is 0 Å². The van der Waals surface area contributed by atoms with Crippen molar-refractivity contribution in [3.8, 4) is 5.75 Å². The van der Waals surface area contributed by atoms with Crippen LogP contribution in [-0.2, 0) is 9.59 Å². The molecule has 0 aliphatic carbocycles. The van der Waals surface area contributed by atoms with Crippen molar-refractivity contribution in [2.75, 3.05) is 12.4 Å². The third-order valence-electron chi connectivity index (χ3n) is 5.95. The summed E-state index contributed by atoms with van der Waals surface area (Å²) < 4.78 is 20.0. The Kier molecular flexibility index (Phi) is 6.81. The minimum atomic E-state index is -0.676. The second-order valence-electron chi connectivity index (χ2n) is 8.32. The van der Waals surface area contributed by atoms with E-state index in [4.69, 9.17) is 9.84 Å². The van der Waals surface area contributed by atoms with Gasteiger partial charge in [-0.3, -0.25) is 9.59 Å². The Morgan fingerprint density at radius 3 is 2.53 bits per heavy atom. The number of rotatable bonds is 6. The molecule has 2 atom stereocenters. The van der Waals surface area contributed by atoms with Crippen LogP contribution in [0.25, 0.3) is 0 Å². The third kappa shape index (κ3) is 5.01. The Morgan fingerprint density at radius 2 is 1.81 bits per heavy atom. The number of aliphatic imine (C=N–C) groups is 1. The normalized spacial score (nSPS) is 19.2. The molecule has 0 saturated carbocycles. The van der Waals surface area contributed by atoms with Crippen molar-refractivity contribution in [3.63, 3.8) is 0 Å². The molecule has 0 bridgehead atoms. The summed E-state index contributed by atoms with van der Waals surface area (Å²) >= 11 is 1.18. The second-order valence-corrected chi connectivity index (χ2v) is 9.49. The molecule has 1 N–H and O–H groups in total. The molecule has 2 heterocycles. The number of methoxy groups -OCH3 is 1. The molecule has 0 radical (unpaired) electrons. The summed E-state index contributed by atoms with van der Waals surface area (Å²) in [6.07, 6.45) is 0.402. The number of amides is 2. The minimum Gasteiger partial charge on any atom is -0.497 e. The number of thioether (sulfide) groups is 1. The van der Waals surface area contributed by atoms with Crippen molar-refractivity contribution < 1.29 is 18.7 Å². The van der Waals surface area contributed by atoms with Gasteiger partial charge in [-0.1, -0.05) is 48.2 Å². The molecule has 5 rings (SSSR count). The van der Waals surface area contributed by atoms with Gasteiger partial charge in [0, 0.05) is 24.1 Å². The first-order valence-corrected chi connectivity index (χ1v) is 12.3. The molecule has 7 nitrogen and oxygen atoms in total. The van der Waals surface area contributed by atoms with Crippen LogP contribution < -0.4 is 10.1 Å². The number of nitrogens with one attached hydrogen (secondary N) is 1. The molecule has 182 valence electrons. The fourth-order valence-electron chi connectivity index (χ4n) is 4.14. The number of carbonyl (C=O) groups is 2. The predicted molar refractivity (Wildman–Crippen MR) is 139 cm³/mol. The molecule has 36 heavy (non-hydrogen) atoms. The van der Waals surface area contributed by atoms with Crippen LogP contribution in [0.1, 0.15) is 30.0 Å². The maximum absolute atomic E-state index is 14.8. The number of hydrazone groups is 1. The van der Waals surface area contributed by atoms with E-state index in [1.54, 1.807) is 42.5 Å². The van der Waals surface area contributed by atoms with Gasteiger partial charge in [-0.2, -0.15) is 10.1 Å². The quantitative estimate of drug-likeness (QED) is 0.512. The first kappa shape index (κ1) is 23.7. The summed E-state index contributed by atoms with van der Waals surface area (Å²) in [5.74, 6) is -0.318. The highest BCUT2D eigenvalue weighted by Crippen LogP contribution is 2.39. The molecular formula is C27H23FN4O3S. The maximum atomic E-state index is 14.8. The van der Waals surface area contributed by atoms with Crippen LogP contribution in [0.4, 0.5) is 10.1 Å². The molecule has 9 heteroatoms. The van der Waals surface area contributed by atoms with Crippen LogP contribution in [-0.4, -0.2) is 40.1 Å². The Balaban J connectivity index is 1.37. The van der Waals surface area contributed by atoms with Gasteiger partial charge in [-0.25, -0.2) is 9.40 Å². The number of para-hydroxylation sites is 1. The van der Waals surface area contributed by atoms with E-state index in [1.807, 2.05) is 42.5 Å². The fourth-order valence-corrected chi connectivity index (χ4v) is 5.20.